The molecule has 1 atom stereocenters. The first-order valence-corrected chi connectivity index (χ1v) is 9.46. The Labute approximate surface area is 169 Å². The molecule has 6 nitrogen and oxygen atoms in total. The number of hydrogen-bond acceptors (Lipinski definition) is 5. The predicted octanol–water partition coefficient (Wildman–Crippen LogP) is 3.40. The molecule has 1 aliphatic rings. The second-order valence-corrected chi connectivity index (χ2v) is 6.88. The molecule has 0 aliphatic carbocycles. The molecule has 152 valence electrons. The van der Waals surface area contributed by atoms with Crippen molar-refractivity contribution in [2.75, 3.05) is 33.4 Å². The molecule has 1 fully saturated rings. The molecule has 0 aromatic heterocycles. The molecular formula is C22H23FN2O4. The van der Waals surface area contributed by atoms with Gasteiger partial charge in [0.1, 0.15) is 11.6 Å². The Hall–Kier alpha value is -3.27. The Balaban J connectivity index is 1.50. The van der Waals surface area contributed by atoms with Crippen molar-refractivity contribution in [1.82, 2.24) is 4.90 Å². The number of rotatable bonds is 7. The van der Waals surface area contributed by atoms with Crippen LogP contribution in [0.5, 0.6) is 17.2 Å². The Kier molecular flexibility index (Phi) is 6.90. The number of halogens is 1. The Bertz CT molecular complexity index is 879. The van der Waals surface area contributed by atoms with Gasteiger partial charge in [-0.3, -0.25) is 4.79 Å². The maximum Gasteiger partial charge on any atom is 0.260 e. The molecule has 1 unspecified atom stereocenters. The lowest BCUT2D eigenvalue weighted by molar-refractivity contribution is -0.135. The lowest BCUT2D eigenvalue weighted by Crippen LogP contribution is -2.43. The number of nitrogens with zero attached hydrogens (tertiary/aromatic N) is 2. The summed E-state index contributed by atoms with van der Waals surface area (Å²) >= 11 is 0. The number of benzene rings is 2. The summed E-state index contributed by atoms with van der Waals surface area (Å²) in [5.41, 5.74) is 0.504. The van der Waals surface area contributed by atoms with E-state index in [1.165, 1.54) is 31.4 Å². The molecule has 1 amide bonds. The Morgan fingerprint density at radius 1 is 1.21 bits per heavy atom. The van der Waals surface area contributed by atoms with Crippen LogP contribution >= 0.6 is 0 Å². The molecule has 29 heavy (non-hydrogen) atoms. The average molecular weight is 398 g/mol. The van der Waals surface area contributed by atoms with Crippen LogP contribution in [-0.4, -0.2) is 44.2 Å². The number of carbonyl (C=O) groups is 1. The number of carbonyl (C=O) groups excluding carboxylic acids is 1. The first-order valence-electron chi connectivity index (χ1n) is 9.46. The highest BCUT2D eigenvalue weighted by Gasteiger charge is 2.24. The lowest BCUT2D eigenvalue weighted by atomic mass is 9.99. The van der Waals surface area contributed by atoms with Crippen molar-refractivity contribution >= 4 is 5.91 Å². The van der Waals surface area contributed by atoms with E-state index in [2.05, 4.69) is 6.07 Å². The first-order chi connectivity index (χ1) is 14.1. The minimum Gasteiger partial charge on any atom is -0.493 e. The van der Waals surface area contributed by atoms with Crippen LogP contribution in [0.25, 0.3) is 0 Å². The molecular weight excluding hydrogens is 375 g/mol. The smallest absolute Gasteiger partial charge is 0.260 e. The minimum atomic E-state index is -0.346. The fourth-order valence-electron chi connectivity index (χ4n) is 3.26. The van der Waals surface area contributed by atoms with E-state index in [4.69, 9.17) is 19.5 Å². The van der Waals surface area contributed by atoms with Crippen molar-refractivity contribution in [3.8, 4) is 23.3 Å². The van der Waals surface area contributed by atoms with Crippen LogP contribution in [0.2, 0.25) is 0 Å². The van der Waals surface area contributed by atoms with E-state index in [0.29, 0.717) is 42.5 Å². The van der Waals surface area contributed by atoms with Crippen LogP contribution in [0.3, 0.4) is 0 Å². The third kappa shape index (κ3) is 5.61. The topological polar surface area (TPSA) is 71.8 Å². The second kappa shape index (κ2) is 9.78. The zero-order valence-electron chi connectivity index (χ0n) is 16.3. The zero-order chi connectivity index (χ0) is 20.6. The molecule has 0 radical (unpaired) electrons. The highest BCUT2D eigenvalue weighted by molar-refractivity contribution is 5.77. The van der Waals surface area contributed by atoms with E-state index in [1.807, 2.05) is 0 Å². The van der Waals surface area contributed by atoms with Gasteiger partial charge in [0.25, 0.3) is 5.91 Å². The van der Waals surface area contributed by atoms with Crippen LogP contribution in [0, 0.1) is 23.1 Å². The summed E-state index contributed by atoms with van der Waals surface area (Å²) in [5, 5.41) is 8.98. The molecule has 3 rings (SSSR count). The summed E-state index contributed by atoms with van der Waals surface area (Å²) in [6.07, 6.45) is 1.85. The summed E-state index contributed by atoms with van der Waals surface area (Å²) < 4.78 is 29.6. The highest BCUT2D eigenvalue weighted by Crippen LogP contribution is 2.29. The molecule has 1 saturated heterocycles. The first kappa shape index (κ1) is 20.5. The highest BCUT2D eigenvalue weighted by atomic mass is 19.1. The summed E-state index contributed by atoms with van der Waals surface area (Å²) in [7, 11) is 1.53. The van der Waals surface area contributed by atoms with Gasteiger partial charge in [0.2, 0.25) is 0 Å². The van der Waals surface area contributed by atoms with Crippen molar-refractivity contribution in [3.05, 3.63) is 53.8 Å². The SMILES string of the molecule is COc1cc(C#N)ccc1OCC1CCCN(C(=O)COc2ccc(F)cc2)C1. The molecule has 0 saturated carbocycles. The molecule has 0 spiro atoms. The van der Waals surface area contributed by atoms with E-state index in [-0.39, 0.29) is 24.2 Å². The van der Waals surface area contributed by atoms with Gasteiger partial charge in [-0.15, -0.1) is 0 Å². The molecule has 7 heteroatoms. The third-order valence-electron chi connectivity index (χ3n) is 4.81. The quantitative estimate of drug-likeness (QED) is 0.715. The Morgan fingerprint density at radius 3 is 2.72 bits per heavy atom. The van der Waals surface area contributed by atoms with E-state index in [9.17, 15) is 9.18 Å². The van der Waals surface area contributed by atoms with Gasteiger partial charge in [-0.2, -0.15) is 5.26 Å². The minimum absolute atomic E-state index is 0.0807. The van der Waals surface area contributed by atoms with Crippen LogP contribution < -0.4 is 14.2 Å². The van der Waals surface area contributed by atoms with Gasteiger partial charge in [0.15, 0.2) is 18.1 Å². The zero-order valence-corrected chi connectivity index (χ0v) is 16.3. The number of amides is 1. The monoisotopic (exact) mass is 398 g/mol. The van der Waals surface area contributed by atoms with Crippen LogP contribution in [0.15, 0.2) is 42.5 Å². The van der Waals surface area contributed by atoms with E-state index in [0.717, 1.165) is 12.8 Å². The maximum atomic E-state index is 12.9. The van der Waals surface area contributed by atoms with Crippen LogP contribution in [0.4, 0.5) is 4.39 Å². The van der Waals surface area contributed by atoms with Gasteiger partial charge in [-0.05, 0) is 49.2 Å². The van der Waals surface area contributed by atoms with Crippen LogP contribution in [-0.2, 0) is 4.79 Å². The van der Waals surface area contributed by atoms with Crippen molar-refractivity contribution in [2.24, 2.45) is 5.92 Å². The van der Waals surface area contributed by atoms with Gasteiger partial charge in [-0.1, -0.05) is 0 Å². The van der Waals surface area contributed by atoms with Gasteiger partial charge < -0.3 is 19.1 Å². The lowest BCUT2D eigenvalue weighted by Gasteiger charge is -2.32. The number of hydrogen-bond donors (Lipinski definition) is 0. The Morgan fingerprint density at radius 2 is 2.00 bits per heavy atom. The summed E-state index contributed by atoms with van der Waals surface area (Å²) in [6, 6.07) is 12.7. The van der Waals surface area contributed by atoms with Crippen molar-refractivity contribution in [3.63, 3.8) is 0 Å². The van der Waals surface area contributed by atoms with Gasteiger partial charge >= 0.3 is 0 Å². The van der Waals surface area contributed by atoms with Crippen LogP contribution in [0.1, 0.15) is 18.4 Å². The van der Waals surface area contributed by atoms with Gasteiger partial charge in [0.05, 0.1) is 25.3 Å². The number of ether oxygens (including phenoxy) is 3. The second-order valence-electron chi connectivity index (χ2n) is 6.88. The summed E-state index contributed by atoms with van der Waals surface area (Å²) in [6.45, 7) is 1.64. The van der Waals surface area contributed by atoms with E-state index < -0.39 is 0 Å². The average Bonchev–Trinajstić information content (AvgIpc) is 2.77. The van der Waals surface area contributed by atoms with E-state index >= 15 is 0 Å². The van der Waals surface area contributed by atoms with Gasteiger partial charge in [0, 0.05) is 25.1 Å². The third-order valence-corrected chi connectivity index (χ3v) is 4.81. The fourth-order valence-corrected chi connectivity index (χ4v) is 3.26. The number of methoxy groups -OCH3 is 1. The number of nitriles is 1. The summed E-state index contributed by atoms with van der Waals surface area (Å²) in [4.78, 5) is 14.2. The standard InChI is InChI=1S/C22H23FN2O4/c1-27-21-11-16(12-24)4-9-20(21)29-14-17-3-2-10-25(13-17)22(26)15-28-19-7-5-18(23)6-8-19/h4-9,11,17H,2-3,10,13-15H2,1H3. The van der Waals surface area contributed by atoms with Gasteiger partial charge in [-0.25, -0.2) is 4.39 Å². The predicted molar refractivity (Wildman–Crippen MR) is 104 cm³/mol. The van der Waals surface area contributed by atoms with E-state index in [1.54, 1.807) is 23.1 Å². The van der Waals surface area contributed by atoms with Crippen molar-refractivity contribution in [2.45, 2.75) is 12.8 Å². The summed E-state index contributed by atoms with van der Waals surface area (Å²) in [5.74, 6) is 1.30. The number of likely N-dealkylation sites (tertiary alicyclic amines) is 1. The van der Waals surface area contributed by atoms with Crippen molar-refractivity contribution < 1.29 is 23.4 Å². The van der Waals surface area contributed by atoms with Crippen molar-refractivity contribution in [1.29, 1.82) is 5.26 Å². The molecule has 0 N–H and O–H groups in total. The molecule has 0 bridgehead atoms. The molecule has 1 heterocycles. The molecule has 2 aromatic rings. The normalized spacial score (nSPS) is 16.0. The fraction of sp³-hybridized carbons (Fsp3) is 0.364. The molecule has 1 aliphatic heterocycles. The largest absolute Gasteiger partial charge is 0.493 e. The molecule has 2 aromatic carbocycles. The maximum absolute atomic E-state index is 12.9. The number of piperidine rings is 1.